The number of nitrogens with zero attached hydrogens (tertiary/aromatic N) is 1. The second kappa shape index (κ2) is 5.63. The number of aliphatic hydroxyl groups is 1. The maximum Gasteiger partial charge on any atom is 0.273 e. The molecule has 2 atom stereocenters. The van der Waals surface area contributed by atoms with Gasteiger partial charge in [0.05, 0.1) is 24.2 Å². The second-order valence-electron chi connectivity index (χ2n) is 4.22. The van der Waals surface area contributed by atoms with Gasteiger partial charge in [0.1, 0.15) is 5.75 Å². The van der Waals surface area contributed by atoms with Gasteiger partial charge in [0.2, 0.25) is 0 Å². The number of benzene rings is 1. The average Bonchev–Trinajstić information content (AvgIpc) is 2.28. The third-order valence-electron chi connectivity index (χ3n) is 2.78. The van der Waals surface area contributed by atoms with Crippen molar-refractivity contribution in [1.29, 1.82) is 0 Å². The molecule has 0 aromatic heterocycles. The fourth-order valence-electron chi connectivity index (χ4n) is 1.53. The number of methoxy groups -OCH3 is 1. The van der Waals surface area contributed by atoms with Crippen molar-refractivity contribution in [2.24, 2.45) is 5.92 Å². The fraction of sp³-hybridized carbons (Fsp3) is 0.500. The van der Waals surface area contributed by atoms with Crippen molar-refractivity contribution < 1.29 is 14.8 Å². The van der Waals surface area contributed by atoms with Crippen LogP contribution in [-0.2, 0) is 6.42 Å². The van der Waals surface area contributed by atoms with Crippen LogP contribution in [0.3, 0.4) is 0 Å². The zero-order valence-electron chi connectivity index (χ0n) is 10.2. The molecule has 0 radical (unpaired) electrons. The quantitative estimate of drug-likeness (QED) is 0.631. The van der Waals surface area contributed by atoms with Crippen LogP contribution in [0.15, 0.2) is 18.2 Å². The minimum atomic E-state index is -0.445. The predicted octanol–water partition coefficient (Wildman–Crippen LogP) is 2.16. The third-order valence-corrected chi connectivity index (χ3v) is 2.78. The molecule has 1 aromatic rings. The summed E-state index contributed by atoms with van der Waals surface area (Å²) in [6.45, 7) is 3.61. The van der Waals surface area contributed by atoms with Gasteiger partial charge >= 0.3 is 0 Å². The summed E-state index contributed by atoms with van der Waals surface area (Å²) in [5.41, 5.74) is 0.807. The molecule has 0 aliphatic heterocycles. The van der Waals surface area contributed by atoms with Crippen molar-refractivity contribution >= 4 is 5.69 Å². The van der Waals surface area contributed by atoms with Gasteiger partial charge in [-0.05, 0) is 30.9 Å². The van der Waals surface area contributed by atoms with Gasteiger partial charge in [-0.15, -0.1) is 0 Å². The Hall–Kier alpha value is -1.62. The molecule has 1 N–H and O–H groups in total. The van der Waals surface area contributed by atoms with Crippen LogP contribution in [-0.4, -0.2) is 23.2 Å². The van der Waals surface area contributed by atoms with Gasteiger partial charge < -0.3 is 9.84 Å². The SMILES string of the molecule is COc1cc(CC(C)C(C)O)cc([N+](=O)[O-])c1. The van der Waals surface area contributed by atoms with E-state index in [-0.39, 0.29) is 11.6 Å². The fourth-order valence-corrected chi connectivity index (χ4v) is 1.53. The van der Waals surface area contributed by atoms with Crippen LogP contribution < -0.4 is 4.74 Å². The molecule has 0 heterocycles. The van der Waals surface area contributed by atoms with Crippen LogP contribution in [0.25, 0.3) is 0 Å². The Morgan fingerprint density at radius 3 is 2.53 bits per heavy atom. The summed E-state index contributed by atoms with van der Waals surface area (Å²) in [5.74, 6) is 0.508. The lowest BCUT2D eigenvalue weighted by molar-refractivity contribution is -0.385. The Bertz CT molecular complexity index is 403. The second-order valence-corrected chi connectivity index (χ2v) is 4.22. The molecular weight excluding hydrogens is 222 g/mol. The molecule has 0 saturated heterocycles. The molecule has 1 aromatic carbocycles. The van der Waals surface area contributed by atoms with Crippen LogP contribution in [0.5, 0.6) is 5.75 Å². The molecule has 5 heteroatoms. The van der Waals surface area contributed by atoms with Crippen LogP contribution in [0.4, 0.5) is 5.69 Å². The molecule has 94 valence electrons. The lowest BCUT2D eigenvalue weighted by atomic mass is 9.96. The van der Waals surface area contributed by atoms with E-state index in [1.54, 1.807) is 13.0 Å². The highest BCUT2D eigenvalue weighted by Gasteiger charge is 2.14. The first kappa shape index (κ1) is 13.4. The molecule has 0 fully saturated rings. The zero-order valence-corrected chi connectivity index (χ0v) is 10.2. The van der Waals surface area contributed by atoms with Gasteiger partial charge in [0.15, 0.2) is 0 Å². The Morgan fingerprint density at radius 2 is 2.06 bits per heavy atom. The number of hydrogen-bond donors (Lipinski definition) is 1. The molecule has 2 unspecified atom stereocenters. The van der Waals surface area contributed by atoms with Gasteiger partial charge in [-0.2, -0.15) is 0 Å². The number of aliphatic hydroxyl groups excluding tert-OH is 1. The minimum Gasteiger partial charge on any atom is -0.496 e. The summed E-state index contributed by atoms with van der Waals surface area (Å²) in [7, 11) is 1.47. The Balaban J connectivity index is 2.98. The number of nitro benzene ring substituents is 1. The highest BCUT2D eigenvalue weighted by Crippen LogP contribution is 2.24. The molecule has 1 rings (SSSR count). The van der Waals surface area contributed by atoms with Crippen molar-refractivity contribution in [2.45, 2.75) is 26.4 Å². The number of nitro groups is 1. The first-order valence-electron chi connectivity index (χ1n) is 5.44. The summed E-state index contributed by atoms with van der Waals surface area (Å²) >= 11 is 0. The molecular formula is C12H17NO4. The van der Waals surface area contributed by atoms with Crippen molar-refractivity contribution in [3.05, 3.63) is 33.9 Å². The smallest absolute Gasteiger partial charge is 0.273 e. The van der Waals surface area contributed by atoms with Gasteiger partial charge in [0, 0.05) is 6.07 Å². The third kappa shape index (κ3) is 3.71. The first-order chi connectivity index (χ1) is 7.93. The lowest BCUT2D eigenvalue weighted by Crippen LogP contribution is -2.15. The Labute approximate surface area is 100 Å². The molecule has 0 spiro atoms. The van der Waals surface area contributed by atoms with Gasteiger partial charge in [-0.1, -0.05) is 6.92 Å². The van der Waals surface area contributed by atoms with Crippen molar-refractivity contribution in [2.75, 3.05) is 7.11 Å². The molecule has 0 bridgehead atoms. The molecule has 17 heavy (non-hydrogen) atoms. The summed E-state index contributed by atoms with van der Waals surface area (Å²) in [6, 6.07) is 4.66. The maximum atomic E-state index is 10.7. The van der Waals surface area contributed by atoms with Crippen LogP contribution in [0.2, 0.25) is 0 Å². The summed E-state index contributed by atoms with van der Waals surface area (Å²) in [5, 5.41) is 20.2. The van der Waals surface area contributed by atoms with Gasteiger partial charge in [-0.25, -0.2) is 0 Å². The van der Waals surface area contributed by atoms with E-state index in [1.807, 2.05) is 6.92 Å². The number of ether oxygens (including phenoxy) is 1. The first-order valence-corrected chi connectivity index (χ1v) is 5.44. The molecule has 0 amide bonds. The van der Waals surface area contributed by atoms with Gasteiger partial charge in [0.25, 0.3) is 5.69 Å². The van der Waals surface area contributed by atoms with E-state index in [1.165, 1.54) is 19.2 Å². The largest absolute Gasteiger partial charge is 0.496 e. The van der Waals surface area contributed by atoms with E-state index in [0.717, 1.165) is 5.56 Å². The van der Waals surface area contributed by atoms with Gasteiger partial charge in [-0.3, -0.25) is 10.1 Å². The van der Waals surface area contributed by atoms with Crippen molar-refractivity contribution in [1.82, 2.24) is 0 Å². The molecule has 5 nitrogen and oxygen atoms in total. The maximum absolute atomic E-state index is 10.7. The standard InChI is InChI=1S/C12H17NO4/c1-8(9(2)14)4-10-5-11(13(15)16)7-12(6-10)17-3/h5-9,14H,4H2,1-3H3. The van der Waals surface area contributed by atoms with Crippen molar-refractivity contribution in [3.63, 3.8) is 0 Å². The highest BCUT2D eigenvalue weighted by molar-refractivity contribution is 5.42. The highest BCUT2D eigenvalue weighted by atomic mass is 16.6. The average molecular weight is 239 g/mol. The van der Waals surface area contributed by atoms with E-state index in [2.05, 4.69) is 0 Å². The number of rotatable bonds is 5. The molecule has 0 aliphatic rings. The van der Waals surface area contributed by atoms with Crippen LogP contribution in [0.1, 0.15) is 19.4 Å². The normalized spacial score (nSPS) is 14.1. The minimum absolute atomic E-state index is 0.0112. The molecule has 0 aliphatic carbocycles. The topological polar surface area (TPSA) is 72.6 Å². The summed E-state index contributed by atoms with van der Waals surface area (Å²) < 4.78 is 5.02. The predicted molar refractivity (Wildman–Crippen MR) is 64.2 cm³/mol. The Kier molecular flexibility index (Phi) is 4.45. The summed E-state index contributed by atoms with van der Waals surface area (Å²) in [6.07, 6.45) is 0.135. The van der Waals surface area contributed by atoms with E-state index < -0.39 is 11.0 Å². The monoisotopic (exact) mass is 239 g/mol. The van der Waals surface area contributed by atoms with Crippen molar-refractivity contribution in [3.8, 4) is 5.75 Å². The number of hydrogen-bond acceptors (Lipinski definition) is 4. The zero-order chi connectivity index (χ0) is 13.0. The van der Waals surface area contributed by atoms with Crippen LogP contribution >= 0.6 is 0 Å². The van der Waals surface area contributed by atoms with Crippen LogP contribution in [0, 0.1) is 16.0 Å². The molecule has 0 saturated carbocycles. The number of non-ortho nitro benzene ring substituents is 1. The lowest BCUT2D eigenvalue weighted by Gasteiger charge is -2.14. The Morgan fingerprint density at radius 1 is 1.41 bits per heavy atom. The van der Waals surface area contributed by atoms with E-state index in [9.17, 15) is 15.2 Å². The van der Waals surface area contributed by atoms with E-state index in [4.69, 9.17) is 4.74 Å². The van der Waals surface area contributed by atoms with E-state index in [0.29, 0.717) is 12.2 Å². The summed E-state index contributed by atoms with van der Waals surface area (Å²) in [4.78, 5) is 10.3. The van der Waals surface area contributed by atoms with E-state index >= 15 is 0 Å².